The number of nitrogens with zero attached hydrogens (tertiary/aromatic N) is 1. The van der Waals surface area contributed by atoms with Crippen LogP contribution in [0.3, 0.4) is 0 Å². The summed E-state index contributed by atoms with van der Waals surface area (Å²) < 4.78 is 27.2. The van der Waals surface area contributed by atoms with Gasteiger partial charge in [0.1, 0.15) is 0 Å². The molecule has 3 rings (SSSR count). The summed E-state index contributed by atoms with van der Waals surface area (Å²) >= 11 is 0. The molecule has 0 saturated carbocycles. The predicted octanol–water partition coefficient (Wildman–Crippen LogP) is 3.67. The molecule has 0 atom stereocenters. The van der Waals surface area contributed by atoms with E-state index in [9.17, 15) is 0 Å². The lowest BCUT2D eigenvalue weighted by atomic mass is 9.88. The molecular weight excluding hydrogens is 328 g/mol. The van der Waals surface area contributed by atoms with E-state index in [2.05, 4.69) is 67.5 Å². The average Bonchev–Trinajstić information content (AvgIpc) is 2.85. The first-order valence-electron chi connectivity index (χ1n) is 9.36. The van der Waals surface area contributed by atoms with Crippen LogP contribution >= 0.6 is 0 Å². The molecule has 1 aromatic rings. The Morgan fingerprint density at radius 3 is 1.35 bits per heavy atom. The Hall–Kier alpha value is -0.850. The zero-order chi connectivity index (χ0) is 19.4. The maximum absolute atomic E-state index is 6.29. The van der Waals surface area contributed by atoms with Crippen molar-refractivity contribution >= 4 is 14.5 Å². The molecule has 2 saturated heterocycles. The number of benzene rings is 1. The van der Waals surface area contributed by atoms with E-state index >= 15 is 0 Å². The topological polar surface area (TPSA) is 40.2 Å². The standard InChI is InChI=1S/C19H31B2NO4/c1-16(2)17(3,4)24-20(23-16)22(14-15-12-10-9-11-13-15)21-25-18(5,6)19(7,8)26-21/h9-13H,14H2,1-8H3. The lowest BCUT2D eigenvalue weighted by molar-refractivity contribution is 0.00578. The van der Waals surface area contributed by atoms with Crippen LogP contribution in [0.5, 0.6) is 0 Å². The van der Waals surface area contributed by atoms with Crippen molar-refractivity contribution in [1.29, 1.82) is 0 Å². The predicted molar refractivity (Wildman–Crippen MR) is 104 cm³/mol. The van der Waals surface area contributed by atoms with E-state index < -0.39 is 36.9 Å². The molecule has 0 N–H and O–H groups in total. The molecule has 0 spiro atoms. The molecule has 0 unspecified atom stereocenters. The third-order valence-corrected chi connectivity index (χ3v) is 6.23. The van der Waals surface area contributed by atoms with E-state index in [1.165, 1.54) is 0 Å². The summed E-state index contributed by atoms with van der Waals surface area (Å²) in [5, 5.41) is 0. The van der Waals surface area contributed by atoms with Crippen molar-refractivity contribution in [2.45, 2.75) is 84.3 Å². The van der Waals surface area contributed by atoms with Crippen LogP contribution in [-0.4, -0.2) is 41.6 Å². The molecule has 2 fully saturated rings. The minimum absolute atomic E-state index is 0.420. The van der Waals surface area contributed by atoms with E-state index in [1.807, 2.05) is 22.9 Å². The van der Waals surface area contributed by atoms with Crippen LogP contribution in [0, 0.1) is 0 Å². The van der Waals surface area contributed by atoms with Crippen LogP contribution < -0.4 is 0 Å². The highest BCUT2D eigenvalue weighted by Gasteiger charge is 2.61. The van der Waals surface area contributed by atoms with Crippen molar-refractivity contribution in [2.24, 2.45) is 0 Å². The Bertz CT molecular complexity index is 580. The molecule has 26 heavy (non-hydrogen) atoms. The van der Waals surface area contributed by atoms with Crippen LogP contribution in [0.2, 0.25) is 0 Å². The molecule has 2 aliphatic rings. The maximum Gasteiger partial charge on any atom is 0.551 e. The van der Waals surface area contributed by atoms with Crippen molar-refractivity contribution in [2.75, 3.05) is 0 Å². The highest BCUT2D eigenvalue weighted by molar-refractivity contribution is 6.60. The van der Waals surface area contributed by atoms with Crippen LogP contribution in [0.4, 0.5) is 0 Å². The number of rotatable bonds is 4. The third-order valence-electron chi connectivity index (χ3n) is 6.23. The van der Waals surface area contributed by atoms with Gasteiger partial charge in [-0.15, -0.1) is 0 Å². The molecule has 0 bridgehead atoms. The second-order valence-corrected chi connectivity index (χ2v) is 9.28. The quantitative estimate of drug-likeness (QED) is 0.768. The SMILES string of the molecule is CC1(C)OB(N(Cc2ccccc2)B2OC(C)(C)C(C)(C)O2)OC1(C)C. The molecule has 2 aliphatic heterocycles. The molecule has 2 heterocycles. The minimum Gasteiger partial charge on any atom is -0.390 e. The first-order chi connectivity index (χ1) is 11.8. The van der Waals surface area contributed by atoms with Crippen LogP contribution in [0.25, 0.3) is 0 Å². The lowest BCUT2D eigenvalue weighted by Crippen LogP contribution is -2.52. The Kier molecular flexibility index (Phi) is 4.86. The van der Waals surface area contributed by atoms with Gasteiger partial charge in [-0.3, -0.25) is 4.72 Å². The highest BCUT2D eigenvalue weighted by atomic mass is 16.7. The van der Waals surface area contributed by atoms with Gasteiger partial charge in [-0.2, -0.15) is 0 Å². The third kappa shape index (κ3) is 3.48. The number of hydrogen-bond donors (Lipinski definition) is 0. The van der Waals surface area contributed by atoms with E-state index in [0.717, 1.165) is 5.56 Å². The normalized spacial score (nSPS) is 25.9. The Morgan fingerprint density at radius 2 is 1.00 bits per heavy atom. The van der Waals surface area contributed by atoms with Gasteiger partial charge < -0.3 is 18.6 Å². The molecule has 142 valence electrons. The molecular formula is C19H31B2NO4. The van der Waals surface area contributed by atoms with E-state index in [4.69, 9.17) is 18.6 Å². The van der Waals surface area contributed by atoms with E-state index in [1.54, 1.807) is 0 Å². The summed E-state index contributed by atoms with van der Waals surface area (Å²) in [7, 11) is -1.09. The average molecular weight is 359 g/mol. The van der Waals surface area contributed by atoms with Crippen LogP contribution in [0.1, 0.15) is 61.0 Å². The monoisotopic (exact) mass is 359 g/mol. The first kappa shape index (κ1) is 19.9. The van der Waals surface area contributed by atoms with Crippen molar-refractivity contribution in [3.63, 3.8) is 0 Å². The van der Waals surface area contributed by atoms with Gasteiger partial charge in [0.15, 0.2) is 0 Å². The van der Waals surface area contributed by atoms with E-state index in [0.29, 0.717) is 6.54 Å². The van der Waals surface area contributed by atoms with Gasteiger partial charge in [0.05, 0.1) is 22.4 Å². The van der Waals surface area contributed by atoms with Gasteiger partial charge in [-0.25, -0.2) is 0 Å². The molecule has 7 heteroatoms. The van der Waals surface area contributed by atoms with Crippen LogP contribution in [-0.2, 0) is 25.2 Å². The highest BCUT2D eigenvalue weighted by Crippen LogP contribution is 2.42. The molecule has 5 nitrogen and oxygen atoms in total. The van der Waals surface area contributed by atoms with Crippen molar-refractivity contribution in [3.05, 3.63) is 35.9 Å². The smallest absolute Gasteiger partial charge is 0.390 e. The van der Waals surface area contributed by atoms with Gasteiger partial charge >= 0.3 is 14.5 Å². The Labute approximate surface area is 158 Å². The summed E-state index contributed by atoms with van der Waals surface area (Å²) in [6.45, 7) is 17.0. The van der Waals surface area contributed by atoms with Gasteiger partial charge in [-0.1, -0.05) is 30.3 Å². The molecule has 0 aliphatic carbocycles. The summed E-state index contributed by atoms with van der Waals surface area (Å²) in [5.74, 6) is 0. The maximum atomic E-state index is 6.29. The minimum atomic E-state index is -0.546. The van der Waals surface area contributed by atoms with Crippen molar-refractivity contribution in [1.82, 2.24) is 4.72 Å². The Morgan fingerprint density at radius 1 is 0.654 bits per heavy atom. The van der Waals surface area contributed by atoms with Crippen molar-refractivity contribution < 1.29 is 18.6 Å². The fourth-order valence-electron chi connectivity index (χ4n) is 2.94. The fourth-order valence-corrected chi connectivity index (χ4v) is 2.94. The van der Waals surface area contributed by atoms with Gasteiger partial charge in [0.25, 0.3) is 0 Å². The lowest BCUT2D eigenvalue weighted by Gasteiger charge is -2.32. The van der Waals surface area contributed by atoms with Gasteiger partial charge in [0, 0.05) is 6.54 Å². The van der Waals surface area contributed by atoms with Gasteiger partial charge in [-0.05, 0) is 61.0 Å². The summed E-state index contributed by atoms with van der Waals surface area (Å²) in [5.41, 5.74) is -0.532. The second kappa shape index (κ2) is 6.35. The molecule has 0 aromatic heterocycles. The fraction of sp³-hybridized carbons (Fsp3) is 0.684. The van der Waals surface area contributed by atoms with Gasteiger partial charge in [0.2, 0.25) is 0 Å². The van der Waals surface area contributed by atoms with E-state index in [-0.39, 0.29) is 0 Å². The summed E-state index contributed by atoms with van der Waals surface area (Å²) in [6.07, 6.45) is 0. The molecule has 0 radical (unpaired) electrons. The zero-order valence-corrected chi connectivity index (χ0v) is 17.3. The Balaban J connectivity index is 1.89. The number of hydrogen-bond acceptors (Lipinski definition) is 5. The second-order valence-electron chi connectivity index (χ2n) is 9.28. The first-order valence-corrected chi connectivity index (χ1v) is 9.36. The van der Waals surface area contributed by atoms with Crippen molar-refractivity contribution in [3.8, 4) is 0 Å². The zero-order valence-electron chi connectivity index (χ0n) is 17.3. The molecule has 1 aromatic carbocycles. The summed E-state index contributed by atoms with van der Waals surface area (Å²) in [4.78, 5) is 0. The van der Waals surface area contributed by atoms with Crippen LogP contribution in [0.15, 0.2) is 30.3 Å². The molecule has 0 amide bonds. The largest absolute Gasteiger partial charge is 0.551 e. The summed E-state index contributed by atoms with van der Waals surface area (Å²) in [6, 6.07) is 10.2.